The van der Waals surface area contributed by atoms with Crippen molar-refractivity contribution in [2.75, 3.05) is 11.9 Å². The molecular formula is C15H18N2O3. The summed E-state index contributed by atoms with van der Waals surface area (Å²) in [7, 11) is 0. The molecule has 0 aliphatic rings. The number of aromatic nitrogens is 1. The molecule has 0 saturated heterocycles. The maximum Gasteiger partial charge on any atom is 0.232 e. The Balaban J connectivity index is 1.95. The van der Waals surface area contributed by atoms with Crippen molar-refractivity contribution >= 4 is 11.6 Å². The van der Waals surface area contributed by atoms with Crippen molar-refractivity contribution < 1.29 is 13.9 Å². The molecule has 0 radical (unpaired) electrons. The lowest BCUT2D eigenvalue weighted by atomic mass is 10.2. The van der Waals surface area contributed by atoms with E-state index >= 15 is 0 Å². The average Bonchev–Trinajstić information content (AvgIpc) is 2.70. The molecule has 0 atom stereocenters. The lowest BCUT2D eigenvalue weighted by molar-refractivity contribution is -0.115. The van der Waals surface area contributed by atoms with Gasteiger partial charge < -0.3 is 14.5 Å². The number of nitrogens with zero attached hydrogens (tertiary/aromatic N) is 1. The molecule has 20 heavy (non-hydrogen) atoms. The van der Waals surface area contributed by atoms with E-state index in [4.69, 9.17) is 9.15 Å². The van der Waals surface area contributed by atoms with Crippen LogP contribution in [-0.4, -0.2) is 17.5 Å². The van der Waals surface area contributed by atoms with Crippen LogP contribution in [0.2, 0.25) is 0 Å². The van der Waals surface area contributed by atoms with Gasteiger partial charge in [-0.2, -0.15) is 0 Å². The van der Waals surface area contributed by atoms with E-state index in [1.807, 2.05) is 26.0 Å². The maximum atomic E-state index is 11.9. The molecule has 1 N–H and O–H groups in total. The van der Waals surface area contributed by atoms with Crippen LogP contribution in [-0.2, 0) is 11.2 Å². The second-order valence-corrected chi connectivity index (χ2v) is 4.42. The molecule has 1 amide bonds. The normalized spacial score (nSPS) is 10.3. The van der Waals surface area contributed by atoms with Gasteiger partial charge in [0.1, 0.15) is 11.5 Å². The third kappa shape index (κ3) is 3.60. The van der Waals surface area contributed by atoms with Gasteiger partial charge in [0, 0.05) is 12.6 Å². The van der Waals surface area contributed by atoms with Crippen LogP contribution in [0.4, 0.5) is 5.69 Å². The van der Waals surface area contributed by atoms with E-state index in [0.29, 0.717) is 18.3 Å². The molecule has 0 spiro atoms. The van der Waals surface area contributed by atoms with Gasteiger partial charge in [0.05, 0.1) is 18.7 Å². The van der Waals surface area contributed by atoms with Gasteiger partial charge in [0.25, 0.3) is 0 Å². The fourth-order valence-electron chi connectivity index (χ4n) is 1.89. The van der Waals surface area contributed by atoms with E-state index in [2.05, 4.69) is 10.3 Å². The predicted octanol–water partition coefficient (Wildman–Crippen LogP) is 2.87. The maximum absolute atomic E-state index is 11.9. The molecule has 106 valence electrons. The van der Waals surface area contributed by atoms with Gasteiger partial charge in [-0.05, 0) is 38.1 Å². The number of amides is 1. The SMILES string of the molecule is CCOc1ccc(NC(=O)Cc2oc(C)nc2C)cc1. The molecule has 1 aromatic carbocycles. The number of nitrogens with one attached hydrogen (secondary N) is 1. The highest BCUT2D eigenvalue weighted by Crippen LogP contribution is 2.16. The number of oxazole rings is 1. The Labute approximate surface area is 118 Å². The minimum Gasteiger partial charge on any atom is -0.494 e. The molecule has 5 nitrogen and oxygen atoms in total. The number of hydrogen-bond donors (Lipinski definition) is 1. The van der Waals surface area contributed by atoms with Crippen LogP contribution < -0.4 is 10.1 Å². The molecular weight excluding hydrogens is 256 g/mol. The standard InChI is InChI=1S/C15H18N2O3/c1-4-19-13-7-5-12(6-8-13)17-15(18)9-14-10(2)16-11(3)20-14/h5-8H,4,9H2,1-3H3,(H,17,18). The summed E-state index contributed by atoms with van der Waals surface area (Å²) in [4.78, 5) is 16.1. The molecule has 0 aliphatic heterocycles. The second kappa shape index (κ2) is 6.23. The first-order valence-corrected chi connectivity index (χ1v) is 6.54. The van der Waals surface area contributed by atoms with Crippen LogP contribution in [0.5, 0.6) is 5.75 Å². The fourth-order valence-corrected chi connectivity index (χ4v) is 1.89. The summed E-state index contributed by atoms with van der Waals surface area (Å²) in [6, 6.07) is 7.26. The molecule has 0 unspecified atom stereocenters. The summed E-state index contributed by atoms with van der Waals surface area (Å²) in [6.45, 7) is 6.14. The summed E-state index contributed by atoms with van der Waals surface area (Å²) < 4.78 is 10.7. The molecule has 1 aromatic heterocycles. The van der Waals surface area contributed by atoms with Gasteiger partial charge in [-0.1, -0.05) is 0 Å². The second-order valence-electron chi connectivity index (χ2n) is 4.42. The summed E-state index contributed by atoms with van der Waals surface area (Å²) >= 11 is 0. The Hall–Kier alpha value is -2.30. The third-order valence-corrected chi connectivity index (χ3v) is 2.77. The van der Waals surface area contributed by atoms with E-state index in [1.165, 1.54) is 0 Å². The number of anilines is 1. The van der Waals surface area contributed by atoms with Gasteiger partial charge >= 0.3 is 0 Å². The van der Waals surface area contributed by atoms with Crippen molar-refractivity contribution in [1.82, 2.24) is 4.98 Å². The number of carbonyl (C=O) groups is 1. The topological polar surface area (TPSA) is 64.4 Å². The van der Waals surface area contributed by atoms with Crippen LogP contribution in [0.25, 0.3) is 0 Å². The zero-order valence-corrected chi connectivity index (χ0v) is 11.9. The summed E-state index contributed by atoms with van der Waals surface area (Å²) in [6.07, 6.45) is 0.180. The molecule has 0 aliphatic carbocycles. The quantitative estimate of drug-likeness (QED) is 0.910. The van der Waals surface area contributed by atoms with Crippen LogP contribution in [0.1, 0.15) is 24.3 Å². The average molecular weight is 274 g/mol. The van der Waals surface area contributed by atoms with Crippen LogP contribution in [0.15, 0.2) is 28.7 Å². The Morgan fingerprint density at radius 3 is 2.55 bits per heavy atom. The monoisotopic (exact) mass is 274 g/mol. The molecule has 2 rings (SSSR count). The first kappa shape index (κ1) is 14.1. The van der Waals surface area contributed by atoms with Crippen LogP contribution >= 0.6 is 0 Å². The highest BCUT2D eigenvalue weighted by Gasteiger charge is 2.12. The van der Waals surface area contributed by atoms with Crippen molar-refractivity contribution in [1.29, 1.82) is 0 Å². The summed E-state index contributed by atoms with van der Waals surface area (Å²) in [5.74, 6) is 1.83. The number of rotatable bonds is 5. The van der Waals surface area contributed by atoms with E-state index in [0.717, 1.165) is 17.1 Å². The number of aryl methyl sites for hydroxylation is 2. The van der Waals surface area contributed by atoms with Crippen molar-refractivity contribution in [3.8, 4) is 5.75 Å². The Morgan fingerprint density at radius 1 is 1.30 bits per heavy atom. The fraction of sp³-hybridized carbons (Fsp3) is 0.333. The van der Waals surface area contributed by atoms with Gasteiger partial charge in [-0.25, -0.2) is 4.98 Å². The van der Waals surface area contributed by atoms with Crippen LogP contribution in [0, 0.1) is 13.8 Å². The third-order valence-electron chi connectivity index (χ3n) is 2.77. The molecule has 2 aromatic rings. The number of hydrogen-bond acceptors (Lipinski definition) is 4. The zero-order valence-electron chi connectivity index (χ0n) is 11.9. The van der Waals surface area contributed by atoms with Crippen molar-refractivity contribution in [2.45, 2.75) is 27.2 Å². The number of ether oxygens (including phenoxy) is 1. The Morgan fingerprint density at radius 2 is 2.00 bits per heavy atom. The summed E-state index contributed by atoms with van der Waals surface area (Å²) in [5.41, 5.74) is 1.48. The molecule has 1 heterocycles. The van der Waals surface area contributed by atoms with Crippen molar-refractivity contribution in [2.24, 2.45) is 0 Å². The summed E-state index contributed by atoms with van der Waals surface area (Å²) in [5, 5.41) is 2.81. The minimum atomic E-state index is -0.131. The van der Waals surface area contributed by atoms with E-state index in [9.17, 15) is 4.79 Å². The van der Waals surface area contributed by atoms with E-state index < -0.39 is 0 Å². The van der Waals surface area contributed by atoms with Gasteiger partial charge in [0.15, 0.2) is 5.89 Å². The van der Waals surface area contributed by atoms with Crippen LogP contribution in [0.3, 0.4) is 0 Å². The predicted molar refractivity (Wildman–Crippen MR) is 75.9 cm³/mol. The molecule has 0 saturated carbocycles. The molecule has 5 heteroatoms. The van der Waals surface area contributed by atoms with E-state index in [-0.39, 0.29) is 12.3 Å². The Bertz CT molecular complexity index is 588. The highest BCUT2D eigenvalue weighted by molar-refractivity contribution is 5.92. The van der Waals surface area contributed by atoms with E-state index in [1.54, 1.807) is 19.1 Å². The lowest BCUT2D eigenvalue weighted by Gasteiger charge is -2.06. The first-order chi connectivity index (χ1) is 9.58. The van der Waals surface area contributed by atoms with Crippen molar-refractivity contribution in [3.05, 3.63) is 41.6 Å². The molecule has 0 fully saturated rings. The molecule has 0 bridgehead atoms. The van der Waals surface area contributed by atoms with Crippen molar-refractivity contribution in [3.63, 3.8) is 0 Å². The van der Waals surface area contributed by atoms with Gasteiger partial charge in [-0.15, -0.1) is 0 Å². The zero-order chi connectivity index (χ0) is 14.5. The lowest BCUT2D eigenvalue weighted by Crippen LogP contribution is -2.14. The van der Waals surface area contributed by atoms with Gasteiger partial charge in [0.2, 0.25) is 5.91 Å². The number of benzene rings is 1. The minimum absolute atomic E-state index is 0.131. The Kier molecular flexibility index (Phi) is 4.40. The number of carbonyl (C=O) groups excluding carboxylic acids is 1. The van der Waals surface area contributed by atoms with Gasteiger partial charge in [-0.3, -0.25) is 4.79 Å². The largest absolute Gasteiger partial charge is 0.494 e. The first-order valence-electron chi connectivity index (χ1n) is 6.54. The highest BCUT2D eigenvalue weighted by atomic mass is 16.5. The smallest absolute Gasteiger partial charge is 0.232 e.